The summed E-state index contributed by atoms with van der Waals surface area (Å²) in [4.78, 5) is 42.3. The topological polar surface area (TPSA) is 106 Å². The Hall–Kier alpha value is -2.94. The molecule has 8 nitrogen and oxygen atoms in total. The van der Waals surface area contributed by atoms with Gasteiger partial charge in [-0.3, -0.25) is 19.1 Å². The Morgan fingerprint density at radius 1 is 1.38 bits per heavy atom. The highest BCUT2D eigenvalue weighted by molar-refractivity contribution is 7.17. The van der Waals surface area contributed by atoms with E-state index in [1.54, 1.807) is 29.8 Å². The van der Waals surface area contributed by atoms with Gasteiger partial charge < -0.3 is 15.0 Å². The summed E-state index contributed by atoms with van der Waals surface area (Å²) in [5, 5.41) is 4.34. The largest absolute Gasteiger partial charge is 0.482 e. The van der Waals surface area contributed by atoms with Gasteiger partial charge in [-0.05, 0) is 23.6 Å². The third-order valence-electron chi connectivity index (χ3n) is 3.25. The number of pyridine rings is 1. The Balaban J connectivity index is 1.56. The average molecular weight is 346 g/mol. The van der Waals surface area contributed by atoms with Crippen LogP contribution in [-0.2, 0) is 11.3 Å². The van der Waals surface area contributed by atoms with Crippen molar-refractivity contribution in [2.75, 3.05) is 13.2 Å². The van der Waals surface area contributed by atoms with Crippen molar-refractivity contribution < 1.29 is 9.53 Å². The second kappa shape index (κ2) is 7.09. The lowest BCUT2D eigenvalue weighted by Gasteiger charge is -2.08. The Morgan fingerprint density at radius 2 is 2.25 bits per heavy atom. The first-order valence-corrected chi connectivity index (χ1v) is 8.03. The van der Waals surface area contributed by atoms with Gasteiger partial charge in [0.05, 0.1) is 11.7 Å². The number of amides is 1. The van der Waals surface area contributed by atoms with Crippen molar-refractivity contribution in [2.45, 2.75) is 6.54 Å². The highest BCUT2D eigenvalue weighted by Crippen LogP contribution is 2.11. The number of carbonyl (C=O) groups excluding carboxylic acids is 1. The molecule has 24 heavy (non-hydrogen) atoms. The van der Waals surface area contributed by atoms with Crippen LogP contribution >= 0.6 is 11.3 Å². The normalized spacial score (nSPS) is 10.7. The molecule has 1 amide bonds. The molecule has 0 aliphatic rings. The zero-order valence-electron chi connectivity index (χ0n) is 12.5. The zero-order chi connectivity index (χ0) is 16.9. The number of aromatic amines is 1. The fourth-order valence-corrected chi connectivity index (χ4v) is 2.91. The van der Waals surface area contributed by atoms with Crippen molar-refractivity contribution in [2.24, 2.45) is 0 Å². The predicted octanol–water partition coefficient (Wildman–Crippen LogP) is 0.341. The minimum Gasteiger partial charge on any atom is -0.482 e. The predicted molar refractivity (Wildman–Crippen MR) is 89.4 cm³/mol. The van der Waals surface area contributed by atoms with Crippen LogP contribution in [0.5, 0.6) is 5.75 Å². The molecule has 3 aromatic heterocycles. The summed E-state index contributed by atoms with van der Waals surface area (Å²) < 4.78 is 6.81. The van der Waals surface area contributed by atoms with Crippen LogP contribution in [0.25, 0.3) is 10.2 Å². The Morgan fingerprint density at radius 3 is 3.04 bits per heavy atom. The van der Waals surface area contributed by atoms with Crippen molar-refractivity contribution in [1.82, 2.24) is 19.9 Å². The first-order valence-electron chi connectivity index (χ1n) is 7.15. The summed E-state index contributed by atoms with van der Waals surface area (Å²) in [5.74, 6) is 0.143. The van der Waals surface area contributed by atoms with Gasteiger partial charge in [0.2, 0.25) is 0 Å². The average Bonchev–Trinajstić information content (AvgIpc) is 3.05. The number of rotatable bonds is 6. The molecule has 3 rings (SSSR count). The highest BCUT2D eigenvalue weighted by Gasteiger charge is 2.09. The number of ether oxygens (including phenoxy) is 1. The van der Waals surface area contributed by atoms with Gasteiger partial charge in [-0.2, -0.15) is 0 Å². The number of hydrogen-bond donors (Lipinski definition) is 2. The lowest BCUT2D eigenvalue weighted by Crippen LogP contribution is -2.39. The molecule has 0 unspecified atom stereocenters. The maximum Gasteiger partial charge on any atom is 0.328 e. The van der Waals surface area contributed by atoms with E-state index >= 15 is 0 Å². The fourth-order valence-electron chi connectivity index (χ4n) is 2.11. The van der Waals surface area contributed by atoms with E-state index in [-0.39, 0.29) is 31.2 Å². The maximum absolute atomic E-state index is 12.2. The van der Waals surface area contributed by atoms with Gasteiger partial charge in [-0.15, -0.1) is 11.3 Å². The molecule has 0 saturated carbocycles. The van der Waals surface area contributed by atoms with E-state index in [1.165, 1.54) is 17.5 Å². The summed E-state index contributed by atoms with van der Waals surface area (Å²) in [5.41, 5.74) is -0.323. The third-order valence-corrected chi connectivity index (χ3v) is 4.16. The van der Waals surface area contributed by atoms with E-state index in [9.17, 15) is 14.4 Å². The van der Waals surface area contributed by atoms with Crippen LogP contribution in [0.3, 0.4) is 0 Å². The Bertz CT molecular complexity index is 961. The standard InChI is InChI=1S/C15H14N4O4S/c20-12(9-23-10-2-1-4-16-8-10)17-5-6-19-14(21)13-11(3-7-24-13)18-15(19)22/h1-4,7-8H,5-6,9H2,(H,17,20)(H,18,22). The van der Waals surface area contributed by atoms with Gasteiger partial charge in [-0.1, -0.05) is 0 Å². The minimum absolute atomic E-state index is 0.0840. The van der Waals surface area contributed by atoms with Crippen LogP contribution in [0.15, 0.2) is 45.6 Å². The number of nitrogens with one attached hydrogen (secondary N) is 2. The van der Waals surface area contributed by atoms with Crippen molar-refractivity contribution in [3.05, 3.63) is 56.8 Å². The fraction of sp³-hybridized carbons (Fsp3) is 0.200. The quantitative estimate of drug-likeness (QED) is 0.669. The van der Waals surface area contributed by atoms with Gasteiger partial charge >= 0.3 is 5.69 Å². The molecule has 0 fully saturated rings. The molecule has 9 heteroatoms. The van der Waals surface area contributed by atoms with Gasteiger partial charge in [0, 0.05) is 19.3 Å². The van der Waals surface area contributed by atoms with Gasteiger partial charge in [-0.25, -0.2) is 4.79 Å². The van der Waals surface area contributed by atoms with Crippen molar-refractivity contribution >= 4 is 27.5 Å². The number of aromatic nitrogens is 3. The van der Waals surface area contributed by atoms with Crippen LogP contribution in [0.2, 0.25) is 0 Å². The summed E-state index contributed by atoms with van der Waals surface area (Å²) in [7, 11) is 0. The molecular formula is C15H14N4O4S. The van der Waals surface area contributed by atoms with Crippen LogP contribution in [-0.4, -0.2) is 33.6 Å². The smallest absolute Gasteiger partial charge is 0.328 e. The van der Waals surface area contributed by atoms with Gasteiger partial charge in [0.15, 0.2) is 6.61 Å². The molecule has 3 aromatic rings. The van der Waals surface area contributed by atoms with Crippen LogP contribution in [0.1, 0.15) is 0 Å². The minimum atomic E-state index is -0.494. The molecular weight excluding hydrogens is 332 g/mol. The molecule has 0 aliphatic heterocycles. The lowest BCUT2D eigenvalue weighted by atomic mass is 10.4. The Labute approximate surface area is 139 Å². The summed E-state index contributed by atoms with van der Waals surface area (Å²) in [6, 6.07) is 5.08. The number of H-pyrrole nitrogens is 1. The lowest BCUT2D eigenvalue weighted by molar-refractivity contribution is -0.123. The van der Waals surface area contributed by atoms with Crippen LogP contribution in [0, 0.1) is 0 Å². The van der Waals surface area contributed by atoms with Gasteiger partial charge in [0.25, 0.3) is 11.5 Å². The summed E-state index contributed by atoms with van der Waals surface area (Å²) in [6.45, 7) is 0.0661. The molecule has 0 radical (unpaired) electrons. The van der Waals surface area contributed by atoms with Crippen molar-refractivity contribution in [3.8, 4) is 5.75 Å². The number of hydrogen-bond acceptors (Lipinski definition) is 6. The van der Waals surface area contributed by atoms with Crippen LogP contribution in [0.4, 0.5) is 0 Å². The molecule has 0 aliphatic carbocycles. The highest BCUT2D eigenvalue weighted by atomic mass is 32.1. The number of fused-ring (bicyclic) bond motifs is 1. The van der Waals surface area contributed by atoms with E-state index < -0.39 is 5.69 Å². The zero-order valence-corrected chi connectivity index (χ0v) is 13.3. The van der Waals surface area contributed by atoms with E-state index in [0.717, 1.165) is 4.57 Å². The number of carbonyl (C=O) groups is 1. The number of thiophene rings is 1. The molecule has 2 N–H and O–H groups in total. The van der Waals surface area contributed by atoms with Crippen LogP contribution < -0.4 is 21.3 Å². The van der Waals surface area contributed by atoms with E-state index in [0.29, 0.717) is 16.0 Å². The second-order valence-corrected chi connectivity index (χ2v) is 5.79. The molecule has 0 spiro atoms. The summed E-state index contributed by atoms with van der Waals surface area (Å²) in [6.07, 6.45) is 3.11. The first kappa shape index (κ1) is 15.9. The van der Waals surface area contributed by atoms with E-state index in [1.807, 2.05) is 0 Å². The van der Waals surface area contributed by atoms with E-state index in [4.69, 9.17) is 4.74 Å². The first-order chi connectivity index (χ1) is 11.6. The SMILES string of the molecule is O=C(COc1cccnc1)NCCn1c(=O)[nH]c2ccsc2c1=O. The Kier molecular flexibility index (Phi) is 4.71. The summed E-state index contributed by atoms with van der Waals surface area (Å²) >= 11 is 1.27. The molecule has 0 atom stereocenters. The molecule has 0 aromatic carbocycles. The molecule has 3 heterocycles. The monoisotopic (exact) mass is 346 g/mol. The van der Waals surface area contributed by atoms with Crippen molar-refractivity contribution in [1.29, 1.82) is 0 Å². The van der Waals surface area contributed by atoms with Gasteiger partial charge in [0.1, 0.15) is 10.4 Å². The maximum atomic E-state index is 12.2. The van der Waals surface area contributed by atoms with E-state index in [2.05, 4.69) is 15.3 Å². The third kappa shape index (κ3) is 3.51. The second-order valence-electron chi connectivity index (χ2n) is 4.88. The molecule has 0 saturated heterocycles. The molecule has 124 valence electrons. The van der Waals surface area contributed by atoms with Crippen molar-refractivity contribution in [3.63, 3.8) is 0 Å². The number of nitrogens with zero attached hydrogens (tertiary/aromatic N) is 2. The molecule has 0 bridgehead atoms.